The van der Waals surface area contributed by atoms with Crippen molar-refractivity contribution in [1.29, 1.82) is 0 Å². The second-order valence-corrected chi connectivity index (χ2v) is 11.9. The van der Waals surface area contributed by atoms with Crippen molar-refractivity contribution in [1.82, 2.24) is 0 Å². The molecule has 0 spiro atoms. The Kier molecular flexibility index (Phi) is 19.6. The van der Waals surface area contributed by atoms with Crippen molar-refractivity contribution in [2.45, 2.75) is 152 Å². The van der Waals surface area contributed by atoms with E-state index in [1.54, 1.807) is 0 Å². The zero-order chi connectivity index (χ0) is 22.1. The van der Waals surface area contributed by atoms with Crippen LogP contribution in [0.4, 0.5) is 0 Å². The molecule has 0 aromatic rings. The quantitative estimate of drug-likeness (QED) is 0.118. The maximum Gasteiger partial charge on any atom is 0.0332 e. The van der Waals surface area contributed by atoms with Gasteiger partial charge in [0, 0.05) is 27.7 Å². The smallest absolute Gasteiger partial charge is 0.0332 e. The predicted octanol–water partition coefficient (Wildman–Crippen LogP) is 10.6. The Morgan fingerprint density at radius 2 is 0.655 bits per heavy atom. The van der Waals surface area contributed by atoms with Gasteiger partial charge in [0.25, 0.3) is 0 Å². The zero-order valence-electron chi connectivity index (χ0n) is 19.7. The molecule has 4 unspecified atom stereocenters. The molecule has 0 bridgehead atoms. The van der Waals surface area contributed by atoms with Gasteiger partial charge in [0.15, 0.2) is 0 Å². The summed E-state index contributed by atoms with van der Waals surface area (Å²) >= 11 is 25.8. The molecule has 0 amide bonds. The standard InChI is InChI=1S/C24H48BCl4/c1-5-21(26)13-9-17-25(18-10-14-22(27)6-2,19-11-15-23(28)7-3)20-12-16-24(29)8-4/h21-24H,5-20H2,1-4H3/q-1. The molecule has 0 aliphatic carbocycles. The summed E-state index contributed by atoms with van der Waals surface area (Å²) in [5, 5.41) is 1.32. The zero-order valence-corrected chi connectivity index (χ0v) is 22.7. The van der Waals surface area contributed by atoms with Crippen molar-refractivity contribution in [3.63, 3.8) is 0 Å². The van der Waals surface area contributed by atoms with Crippen LogP contribution in [0.1, 0.15) is 105 Å². The first kappa shape index (κ1) is 30.2. The van der Waals surface area contributed by atoms with Gasteiger partial charge in [0.05, 0.1) is 0 Å². The Bertz CT molecular complexity index is 297. The molecule has 0 aliphatic rings. The summed E-state index contributed by atoms with van der Waals surface area (Å²) in [5.74, 6) is 0. The van der Waals surface area contributed by atoms with Crippen molar-refractivity contribution in [3.05, 3.63) is 0 Å². The fraction of sp³-hybridized carbons (Fsp3) is 1.00. The Balaban J connectivity index is 5.05. The second kappa shape index (κ2) is 18.8. The first-order valence-corrected chi connectivity index (χ1v) is 14.3. The lowest BCUT2D eigenvalue weighted by molar-refractivity contribution is 0.657. The topological polar surface area (TPSA) is 0 Å². The highest BCUT2D eigenvalue weighted by Gasteiger charge is 2.24. The molecule has 29 heavy (non-hydrogen) atoms. The van der Waals surface area contributed by atoms with Gasteiger partial charge in [-0.15, -0.1) is 46.4 Å². The minimum atomic E-state index is -0.383. The van der Waals surface area contributed by atoms with Gasteiger partial charge in [0.1, 0.15) is 0 Å². The summed E-state index contributed by atoms with van der Waals surface area (Å²) in [4.78, 5) is 0. The Labute approximate surface area is 203 Å². The molecule has 0 nitrogen and oxygen atoms in total. The van der Waals surface area contributed by atoms with E-state index in [4.69, 9.17) is 46.4 Å². The van der Waals surface area contributed by atoms with Crippen LogP contribution in [0, 0.1) is 0 Å². The van der Waals surface area contributed by atoms with Crippen molar-refractivity contribution in [2.24, 2.45) is 0 Å². The third kappa shape index (κ3) is 15.6. The van der Waals surface area contributed by atoms with Gasteiger partial charge in [-0.25, -0.2) is 0 Å². The molecule has 0 aliphatic heterocycles. The van der Waals surface area contributed by atoms with E-state index >= 15 is 0 Å². The van der Waals surface area contributed by atoms with Gasteiger partial charge in [-0.3, -0.25) is 0 Å². The van der Waals surface area contributed by atoms with E-state index in [-0.39, 0.29) is 6.15 Å². The van der Waals surface area contributed by atoms with Crippen LogP contribution in [0.15, 0.2) is 0 Å². The number of alkyl halides is 4. The van der Waals surface area contributed by atoms with E-state index in [1.165, 1.54) is 51.0 Å². The normalized spacial score (nSPS) is 18.2. The Morgan fingerprint density at radius 1 is 0.448 bits per heavy atom. The summed E-state index contributed by atoms with van der Waals surface area (Å²) in [6.07, 6.45) is 18.9. The minimum Gasteiger partial charge on any atom is -0.178 e. The number of hydrogen-bond donors (Lipinski definition) is 0. The number of halogens is 4. The van der Waals surface area contributed by atoms with Crippen molar-refractivity contribution in [3.8, 4) is 0 Å². The molecule has 0 aromatic heterocycles. The number of rotatable bonds is 20. The Hall–Kier alpha value is 1.22. The maximum absolute atomic E-state index is 6.44. The van der Waals surface area contributed by atoms with E-state index in [1.807, 2.05) is 0 Å². The SMILES string of the molecule is CCC(Cl)CCC[B-](CCCC(Cl)CC)(CCCC(Cl)CC)CCCC(Cl)CC. The minimum absolute atomic E-state index is 0.329. The molecule has 0 fully saturated rings. The second-order valence-electron chi connectivity index (χ2n) is 9.48. The molecule has 0 heterocycles. The predicted molar refractivity (Wildman–Crippen MR) is 142 cm³/mol. The highest BCUT2D eigenvalue weighted by atomic mass is 35.5. The average molecular weight is 489 g/mol. The van der Waals surface area contributed by atoms with Crippen LogP contribution in [0.5, 0.6) is 0 Å². The lowest BCUT2D eigenvalue weighted by atomic mass is 9.17. The molecule has 0 saturated carbocycles. The van der Waals surface area contributed by atoms with Crippen molar-refractivity contribution >= 4 is 52.5 Å². The molecule has 4 atom stereocenters. The third-order valence-corrected chi connectivity index (χ3v) is 9.21. The van der Waals surface area contributed by atoms with Crippen LogP contribution in [-0.2, 0) is 0 Å². The molecule has 5 heteroatoms. The highest BCUT2D eigenvalue weighted by Crippen LogP contribution is 2.36. The molecular formula is C24H48BCl4-. The van der Waals surface area contributed by atoms with Gasteiger partial charge < -0.3 is 0 Å². The summed E-state index contributed by atoms with van der Waals surface area (Å²) in [5.41, 5.74) is 0. The Morgan fingerprint density at radius 3 is 0.828 bits per heavy atom. The van der Waals surface area contributed by atoms with E-state index in [2.05, 4.69) is 27.7 Å². The van der Waals surface area contributed by atoms with E-state index in [9.17, 15) is 0 Å². The monoisotopic (exact) mass is 487 g/mol. The van der Waals surface area contributed by atoms with E-state index in [0.717, 1.165) is 51.4 Å². The van der Waals surface area contributed by atoms with Crippen LogP contribution in [-0.4, -0.2) is 27.7 Å². The molecule has 176 valence electrons. The van der Waals surface area contributed by atoms with Gasteiger partial charge in [0.2, 0.25) is 0 Å². The van der Waals surface area contributed by atoms with Gasteiger partial charge >= 0.3 is 0 Å². The molecule has 0 rings (SSSR count). The summed E-state index contributed by atoms with van der Waals surface area (Å²) < 4.78 is 0. The summed E-state index contributed by atoms with van der Waals surface area (Å²) in [6.45, 7) is 8.77. The highest BCUT2D eigenvalue weighted by molar-refractivity contribution is 6.79. The summed E-state index contributed by atoms with van der Waals surface area (Å²) in [7, 11) is 0. The fourth-order valence-electron chi connectivity index (χ4n) is 4.77. The van der Waals surface area contributed by atoms with Crippen LogP contribution >= 0.6 is 46.4 Å². The van der Waals surface area contributed by atoms with Crippen LogP contribution in [0.3, 0.4) is 0 Å². The fourth-order valence-corrected chi connectivity index (χ4v) is 5.39. The molecular weight excluding hydrogens is 441 g/mol. The first-order valence-electron chi connectivity index (χ1n) is 12.6. The van der Waals surface area contributed by atoms with Crippen LogP contribution in [0.25, 0.3) is 0 Å². The average Bonchev–Trinajstić information content (AvgIpc) is 2.72. The molecule has 0 N–H and O–H groups in total. The lowest BCUT2D eigenvalue weighted by Gasteiger charge is -2.41. The largest absolute Gasteiger partial charge is 0.178 e. The maximum atomic E-state index is 6.44. The van der Waals surface area contributed by atoms with E-state index < -0.39 is 0 Å². The summed E-state index contributed by atoms with van der Waals surface area (Å²) in [6, 6.07) is 0. The van der Waals surface area contributed by atoms with Crippen molar-refractivity contribution < 1.29 is 0 Å². The third-order valence-electron chi connectivity index (χ3n) is 7.11. The lowest BCUT2D eigenvalue weighted by Crippen LogP contribution is -2.34. The van der Waals surface area contributed by atoms with Crippen LogP contribution < -0.4 is 0 Å². The van der Waals surface area contributed by atoms with Gasteiger partial charge in [-0.1, -0.05) is 53.4 Å². The molecule has 0 radical (unpaired) electrons. The first-order chi connectivity index (χ1) is 13.8. The van der Waals surface area contributed by atoms with Crippen molar-refractivity contribution in [2.75, 3.05) is 0 Å². The number of hydrogen-bond acceptors (Lipinski definition) is 0. The van der Waals surface area contributed by atoms with Gasteiger partial charge in [-0.05, 0) is 51.4 Å². The van der Waals surface area contributed by atoms with Gasteiger partial charge in [-0.2, -0.15) is 25.3 Å². The van der Waals surface area contributed by atoms with E-state index in [0.29, 0.717) is 21.5 Å². The molecule has 0 saturated heterocycles. The molecule has 0 aromatic carbocycles. The van der Waals surface area contributed by atoms with Crippen LogP contribution in [0.2, 0.25) is 25.3 Å².